The summed E-state index contributed by atoms with van der Waals surface area (Å²) in [6.07, 6.45) is 7.23. The fourth-order valence-corrected chi connectivity index (χ4v) is 3.50. The van der Waals surface area contributed by atoms with E-state index in [1.165, 1.54) is 18.4 Å². The monoisotopic (exact) mass is 404 g/mol. The number of amides is 1. The maximum atomic E-state index is 12.6. The van der Waals surface area contributed by atoms with Crippen molar-refractivity contribution in [3.63, 3.8) is 0 Å². The summed E-state index contributed by atoms with van der Waals surface area (Å²) >= 11 is 0. The number of nitrogens with zero attached hydrogens (tertiary/aromatic N) is 1. The third-order valence-corrected chi connectivity index (χ3v) is 5.16. The van der Waals surface area contributed by atoms with Crippen LogP contribution in [0, 0.1) is 11.3 Å². The molecule has 3 rings (SSSR count). The number of anilines is 1. The molecule has 0 saturated heterocycles. The van der Waals surface area contributed by atoms with Crippen molar-refractivity contribution in [3.8, 4) is 17.6 Å². The van der Waals surface area contributed by atoms with Crippen LogP contribution in [0.1, 0.15) is 50.7 Å². The Kier molecular flexibility index (Phi) is 7.51. The van der Waals surface area contributed by atoms with Crippen molar-refractivity contribution in [2.24, 2.45) is 0 Å². The second kappa shape index (κ2) is 10.5. The number of carbonyl (C=O) groups is 1. The first kappa shape index (κ1) is 21.4. The van der Waals surface area contributed by atoms with Gasteiger partial charge in [-0.05, 0) is 80.5 Å². The van der Waals surface area contributed by atoms with E-state index in [0.717, 1.165) is 19.3 Å². The van der Waals surface area contributed by atoms with Crippen molar-refractivity contribution in [2.45, 2.75) is 52.1 Å². The Morgan fingerprint density at radius 2 is 1.87 bits per heavy atom. The molecule has 1 N–H and O–H groups in total. The van der Waals surface area contributed by atoms with E-state index in [1.54, 1.807) is 6.08 Å². The summed E-state index contributed by atoms with van der Waals surface area (Å²) in [6, 6.07) is 15.1. The Morgan fingerprint density at radius 1 is 1.13 bits per heavy atom. The minimum absolute atomic E-state index is 0.0291. The van der Waals surface area contributed by atoms with Gasteiger partial charge in [0.1, 0.15) is 11.6 Å². The highest BCUT2D eigenvalue weighted by Crippen LogP contribution is 2.33. The lowest BCUT2D eigenvalue weighted by atomic mass is 10.1. The number of aryl methyl sites for hydroxylation is 1. The molecule has 1 aliphatic rings. The summed E-state index contributed by atoms with van der Waals surface area (Å²) in [5, 5.41) is 12.3. The normalized spacial score (nSPS) is 14.2. The number of hydrogen-bond acceptors (Lipinski definition) is 4. The number of nitriles is 1. The lowest BCUT2D eigenvalue weighted by Crippen LogP contribution is -2.13. The third kappa shape index (κ3) is 5.64. The van der Waals surface area contributed by atoms with Crippen LogP contribution in [0.15, 0.2) is 48.0 Å². The lowest BCUT2D eigenvalue weighted by molar-refractivity contribution is -0.112. The van der Waals surface area contributed by atoms with Crippen molar-refractivity contribution in [1.29, 1.82) is 5.26 Å². The van der Waals surface area contributed by atoms with E-state index in [4.69, 9.17) is 9.47 Å². The summed E-state index contributed by atoms with van der Waals surface area (Å²) < 4.78 is 11.8. The van der Waals surface area contributed by atoms with Crippen LogP contribution in [0.2, 0.25) is 0 Å². The molecule has 156 valence electrons. The molecule has 1 amide bonds. The first-order valence-corrected chi connectivity index (χ1v) is 10.6. The molecule has 0 heterocycles. The second-order valence-corrected chi connectivity index (χ2v) is 7.34. The molecular formula is C25H28N2O3. The molecule has 2 aromatic carbocycles. The van der Waals surface area contributed by atoms with Crippen LogP contribution in [0.3, 0.4) is 0 Å². The zero-order valence-corrected chi connectivity index (χ0v) is 17.6. The molecule has 5 heteroatoms. The average Bonchev–Trinajstić information content (AvgIpc) is 3.27. The lowest BCUT2D eigenvalue weighted by Gasteiger charge is -2.17. The zero-order chi connectivity index (χ0) is 21.3. The second-order valence-electron chi connectivity index (χ2n) is 7.34. The van der Waals surface area contributed by atoms with E-state index < -0.39 is 5.91 Å². The molecular weight excluding hydrogens is 376 g/mol. The molecule has 0 atom stereocenters. The molecule has 2 aromatic rings. The summed E-state index contributed by atoms with van der Waals surface area (Å²) in [6.45, 7) is 4.50. The van der Waals surface area contributed by atoms with E-state index >= 15 is 0 Å². The van der Waals surface area contributed by atoms with E-state index in [0.29, 0.717) is 29.4 Å². The van der Waals surface area contributed by atoms with Gasteiger partial charge in [-0.15, -0.1) is 0 Å². The predicted molar refractivity (Wildman–Crippen MR) is 119 cm³/mol. The van der Waals surface area contributed by atoms with Gasteiger partial charge in [0.15, 0.2) is 11.5 Å². The van der Waals surface area contributed by atoms with E-state index in [1.807, 2.05) is 55.5 Å². The molecule has 0 unspecified atom stereocenters. The summed E-state index contributed by atoms with van der Waals surface area (Å²) in [5.41, 5.74) is 2.59. The molecule has 0 spiro atoms. The Bertz CT molecular complexity index is 936. The van der Waals surface area contributed by atoms with Crippen LogP contribution < -0.4 is 14.8 Å². The third-order valence-electron chi connectivity index (χ3n) is 5.16. The largest absolute Gasteiger partial charge is 0.490 e. The highest BCUT2D eigenvalue weighted by atomic mass is 16.5. The Morgan fingerprint density at radius 3 is 2.50 bits per heavy atom. The minimum atomic E-state index is -0.439. The fraction of sp³-hybridized carbons (Fsp3) is 0.360. The van der Waals surface area contributed by atoms with Gasteiger partial charge in [0.05, 0.1) is 12.7 Å². The molecule has 1 aliphatic carbocycles. The van der Waals surface area contributed by atoms with Crippen molar-refractivity contribution >= 4 is 17.7 Å². The molecule has 1 saturated carbocycles. The maximum Gasteiger partial charge on any atom is 0.266 e. The van der Waals surface area contributed by atoms with Gasteiger partial charge in [0, 0.05) is 5.69 Å². The first-order valence-electron chi connectivity index (χ1n) is 10.6. The highest BCUT2D eigenvalue weighted by Gasteiger charge is 2.19. The smallest absolute Gasteiger partial charge is 0.266 e. The highest BCUT2D eigenvalue weighted by molar-refractivity contribution is 6.09. The summed E-state index contributed by atoms with van der Waals surface area (Å²) in [5.74, 6) is 0.900. The number of carbonyl (C=O) groups excluding carboxylic acids is 1. The standard InChI is InChI=1S/C25H28N2O3/c1-3-18-9-12-21(13-10-18)27-25(28)20(17-26)15-19-11-14-23(24(16-19)29-4-2)30-22-7-5-6-8-22/h9-16,22H,3-8H2,1-2H3,(H,27,28). The van der Waals surface area contributed by atoms with Crippen LogP contribution in [0.5, 0.6) is 11.5 Å². The Hall–Kier alpha value is -3.26. The number of hydrogen-bond donors (Lipinski definition) is 1. The zero-order valence-electron chi connectivity index (χ0n) is 17.6. The van der Waals surface area contributed by atoms with E-state index in [-0.39, 0.29) is 11.7 Å². The molecule has 1 fully saturated rings. The van der Waals surface area contributed by atoms with Gasteiger partial charge in [0.25, 0.3) is 5.91 Å². The molecule has 0 bridgehead atoms. The summed E-state index contributed by atoms with van der Waals surface area (Å²) in [4.78, 5) is 12.6. The first-order chi connectivity index (χ1) is 14.6. The molecule has 0 radical (unpaired) electrons. The van der Waals surface area contributed by atoms with E-state index in [9.17, 15) is 10.1 Å². The van der Waals surface area contributed by atoms with Gasteiger partial charge in [-0.1, -0.05) is 25.1 Å². The molecule has 30 heavy (non-hydrogen) atoms. The van der Waals surface area contributed by atoms with Crippen molar-refractivity contribution in [2.75, 3.05) is 11.9 Å². The maximum absolute atomic E-state index is 12.6. The SMILES string of the molecule is CCOc1cc(C=C(C#N)C(=O)Nc2ccc(CC)cc2)ccc1OC1CCCC1. The van der Waals surface area contributed by atoms with Crippen LogP contribution in [0.25, 0.3) is 6.08 Å². The van der Waals surface area contributed by atoms with Gasteiger partial charge in [-0.3, -0.25) is 4.79 Å². The fourth-order valence-electron chi connectivity index (χ4n) is 3.50. The van der Waals surface area contributed by atoms with Gasteiger partial charge >= 0.3 is 0 Å². The number of benzene rings is 2. The van der Waals surface area contributed by atoms with Crippen molar-refractivity contribution in [3.05, 3.63) is 59.2 Å². The van der Waals surface area contributed by atoms with Crippen LogP contribution in [-0.4, -0.2) is 18.6 Å². The van der Waals surface area contributed by atoms with Crippen molar-refractivity contribution < 1.29 is 14.3 Å². The Balaban J connectivity index is 1.76. The van der Waals surface area contributed by atoms with Crippen LogP contribution in [-0.2, 0) is 11.2 Å². The predicted octanol–water partition coefficient (Wildman–Crippen LogP) is 5.51. The number of ether oxygens (including phenoxy) is 2. The Labute approximate surface area is 178 Å². The van der Waals surface area contributed by atoms with Gasteiger partial charge in [-0.2, -0.15) is 5.26 Å². The van der Waals surface area contributed by atoms with Crippen molar-refractivity contribution in [1.82, 2.24) is 0 Å². The summed E-state index contributed by atoms with van der Waals surface area (Å²) in [7, 11) is 0. The number of nitrogens with one attached hydrogen (secondary N) is 1. The van der Waals surface area contributed by atoms with Gasteiger partial charge in [-0.25, -0.2) is 0 Å². The quantitative estimate of drug-likeness (QED) is 0.465. The average molecular weight is 405 g/mol. The number of rotatable bonds is 8. The molecule has 5 nitrogen and oxygen atoms in total. The van der Waals surface area contributed by atoms with Crippen LogP contribution >= 0.6 is 0 Å². The van der Waals surface area contributed by atoms with Gasteiger partial charge < -0.3 is 14.8 Å². The molecule has 0 aromatic heterocycles. The molecule has 0 aliphatic heterocycles. The van der Waals surface area contributed by atoms with E-state index in [2.05, 4.69) is 12.2 Å². The van der Waals surface area contributed by atoms with Crippen LogP contribution in [0.4, 0.5) is 5.69 Å². The topological polar surface area (TPSA) is 71.3 Å². The minimum Gasteiger partial charge on any atom is -0.490 e. The van der Waals surface area contributed by atoms with Gasteiger partial charge in [0.2, 0.25) is 0 Å².